The standard InChI is InChI=1S/C15H25NO2/c1-5-6-7-8-9-10-11-16(4)12-13-18-15(17)14(2)3/h5-6,9-10H,2,7-8,11-13H2,1,3-4H3. The summed E-state index contributed by atoms with van der Waals surface area (Å²) in [7, 11) is 2.00. The van der Waals surface area contributed by atoms with Gasteiger partial charge in [-0.3, -0.25) is 4.90 Å². The number of unbranched alkanes of at least 4 members (excludes halogenated alkanes) is 1. The van der Waals surface area contributed by atoms with Crippen LogP contribution < -0.4 is 0 Å². The number of carbonyl (C=O) groups is 1. The van der Waals surface area contributed by atoms with E-state index in [1.807, 2.05) is 14.0 Å². The van der Waals surface area contributed by atoms with Gasteiger partial charge in [-0.05, 0) is 33.7 Å². The minimum Gasteiger partial charge on any atom is -0.461 e. The molecule has 0 aliphatic carbocycles. The fourth-order valence-corrected chi connectivity index (χ4v) is 1.24. The molecule has 102 valence electrons. The van der Waals surface area contributed by atoms with Gasteiger partial charge in [0, 0.05) is 18.7 Å². The molecule has 0 radical (unpaired) electrons. The molecule has 0 aromatic rings. The van der Waals surface area contributed by atoms with Crippen LogP contribution in [0.2, 0.25) is 0 Å². The van der Waals surface area contributed by atoms with Crippen LogP contribution >= 0.6 is 0 Å². The first kappa shape index (κ1) is 16.6. The van der Waals surface area contributed by atoms with E-state index in [0.717, 1.165) is 25.9 Å². The third-order valence-corrected chi connectivity index (χ3v) is 2.37. The summed E-state index contributed by atoms with van der Waals surface area (Å²) in [6, 6.07) is 0. The van der Waals surface area contributed by atoms with Gasteiger partial charge in [-0.2, -0.15) is 0 Å². The fourth-order valence-electron chi connectivity index (χ4n) is 1.24. The molecule has 0 saturated heterocycles. The lowest BCUT2D eigenvalue weighted by atomic mass is 10.2. The highest BCUT2D eigenvalue weighted by Crippen LogP contribution is 1.95. The van der Waals surface area contributed by atoms with Gasteiger partial charge in [-0.1, -0.05) is 30.9 Å². The zero-order valence-corrected chi connectivity index (χ0v) is 11.8. The first-order valence-electron chi connectivity index (χ1n) is 6.35. The van der Waals surface area contributed by atoms with E-state index in [9.17, 15) is 4.79 Å². The van der Waals surface area contributed by atoms with Gasteiger partial charge in [0.2, 0.25) is 0 Å². The Morgan fingerprint density at radius 2 is 1.94 bits per heavy atom. The third kappa shape index (κ3) is 9.85. The fraction of sp³-hybridized carbons (Fsp3) is 0.533. The molecule has 3 nitrogen and oxygen atoms in total. The molecule has 0 rings (SSSR count). The Balaban J connectivity index is 3.56. The molecule has 18 heavy (non-hydrogen) atoms. The highest BCUT2D eigenvalue weighted by molar-refractivity contribution is 5.86. The molecule has 0 spiro atoms. The van der Waals surface area contributed by atoms with Crippen molar-refractivity contribution >= 4 is 5.97 Å². The summed E-state index contributed by atoms with van der Waals surface area (Å²) < 4.78 is 5.02. The maximum atomic E-state index is 11.1. The molecule has 0 aromatic carbocycles. The number of hydrogen-bond acceptors (Lipinski definition) is 3. The van der Waals surface area contributed by atoms with Gasteiger partial charge in [0.1, 0.15) is 6.61 Å². The summed E-state index contributed by atoms with van der Waals surface area (Å²) in [5, 5.41) is 0. The Bertz CT molecular complexity index is 306. The van der Waals surface area contributed by atoms with Crippen molar-refractivity contribution in [1.29, 1.82) is 0 Å². The number of likely N-dealkylation sites (N-methyl/N-ethyl adjacent to an activating group) is 1. The lowest BCUT2D eigenvalue weighted by molar-refractivity contribution is -0.139. The average molecular weight is 251 g/mol. The lowest BCUT2D eigenvalue weighted by Gasteiger charge is -2.14. The van der Waals surface area contributed by atoms with Crippen LogP contribution in [0, 0.1) is 0 Å². The molecule has 0 saturated carbocycles. The predicted octanol–water partition coefficient (Wildman–Crippen LogP) is 2.95. The Labute approximate surface area is 111 Å². The van der Waals surface area contributed by atoms with Gasteiger partial charge in [0.15, 0.2) is 0 Å². The van der Waals surface area contributed by atoms with E-state index in [1.165, 1.54) is 0 Å². The van der Waals surface area contributed by atoms with Crippen molar-refractivity contribution in [2.24, 2.45) is 0 Å². The molecule has 0 fully saturated rings. The van der Waals surface area contributed by atoms with Crippen LogP contribution in [0.4, 0.5) is 0 Å². The lowest BCUT2D eigenvalue weighted by Crippen LogP contribution is -2.24. The highest BCUT2D eigenvalue weighted by atomic mass is 16.5. The van der Waals surface area contributed by atoms with Crippen LogP contribution in [-0.4, -0.2) is 37.6 Å². The maximum absolute atomic E-state index is 11.1. The summed E-state index contributed by atoms with van der Waals surface area (Å²) in [4.78, 5) is 13.2. The minimum atomic E-state index is -0.315. The van der Waals surface area contributed by atoms with Gasteiger partial charge in [-0.15, -0.1) is 0 Å². The second kappa shape index (κ2) is 10.8. The van der Waals surface area contributed by atoms with E-state index >= 15 is 0 Å². The highest BCUT2D eigenvalue weighted by Gasteiger charge is 2.03. The van der Waals surface area contributed by atoms with Crippen LogP contribution in [0.1, 0.15) is 26.7 Å². The van der Waals surface area contributed by atoms with Crippen LogP contribution in [0.25, 0.3) is 0 Å². The molecule has 0 N–H and O–H groups in total. The summed E-state index contributed by atoms with van der Waals surface area (Å²) in [6.07, 6.45) is 10.7. The Morgan fingerprint density at radius 3 is 2.56 bits per heavy atom. The van der Waals surface area contributed by atoms with Gasteiger partial charge in [0.25, 0.3) is 0 Å². The van der Waals surface area contributed by atoms with Crippen LogP contribution in [0.3, 0.4) is 0 Å². The molecule has 0 bridgehead atoms. The van der Waals surface area contributed by atoms with E-state index in [2.05, 4.69) is 35.8 Å². The molecule has 0 heterocycles. The van der Waals surface area contributed by atoms with Crippen molar-refractivity contribution in [3.8, 4) is 0 Å². The number of rotatable bonds is 9. The molecule has 0 aliphatic rings. The third-order valence-electron chi connectivity index (χ3n) is 2.37. The van der Waals surface area contributed by atoms with Gasteiger partial charge >= 0.3 is 5.97 Å². The number of nitrogens with zero attached hydrogens (tertiary/aromatic N) is 1. The SMILES string of the molecule is C=C(C)C(=O)OCCN(C)CC=CCCC=CC. The second-order valence-corrected chi connectivity index (χ2v) is 4.30. The Kier molecular flexibility index (Phi) is 9.97. The first-order valence-corrected chi connectivity index (χ1v) is 6.35. The van der Waals surface area contributed by atoms with Crippen molar-refractivity contribution in [1.82, 2.24) is 4.90 Å². The van der Waals surface area contributed by atoms with Crippen LogP contribution in [0.5, 0.6) is 0 Å². The van der Waals surface area contributed by atoms with E-state index in [-0.39, 0.29) is 5.97 Å². The van der Waals surface area contributed by atoms with Crippen molar-refractivity contribution in [3.63, 3.8) is 0 Å². The quantitative estimate of drug-likeness (QED) is 0.273. The molecule has 0 atom stereocenters. The molecule has 0 aromatic heterocycles. The topological polar surface area (TPSA) is 29.5 Å². The van der Waals surface area contributed by atoms with Crippen molar-refractivity contribution in [2.45, 2.75) is 26.7 Å². The van der Waals surface area contributed by atoms with Crippen molar-refractivity contribution < 1.29 is 9.53 Å². The molecule has 3 heteroatoms. The predicted molar refractivity (Wildman–Crippen MR) is 76.5 cm³/mol. The smallest absolute Gasteiger partial charge is 0.333 e. The molecule has 0 aliphatic heterocycles. The second-order valence-electron chi connectivity index (χ2n) is 4.30. The van der Waals surface area contributed by atoms with E-state index in [1.54, 1.807) is 6.92 Å². The number of allylic oxidation sites excluding steroid dienone is 3. The number of esters is 1. The first-order chi connectivity index (χ1) is 8.57. The number of hydrogen-bond donors (Lipinski definition) is 0. The molecular weight excluding hydrogens is 226 g/mol. The molecule has 0 amide bonds. The van der Waals surface area contributed by atoms with Gasteiger partial charge in [0.05, 0.1) is 0 Å². The Morgan fingerprint density at radius 1 is 1.28 bits per heavy atom. The van der Waals surface area contributed by atoms with Crippen LogP contribution in [0.15, 0.2) is 36.5 Å². The van der Waals surface area contributed by atoms with E-state index in [0.29, 0.717) is 12.2 Å². The summed E-state index contributed by atoms with van der Waals surface area (Å²) in [6.45, 7) is 9.24. The largest absolute Gasteiger partial charge is 0.461 e. The molecule has 0 unspecified atom stereocenters. The number of carbonyl (C=O) groups excluding carboxylic acids is 1. The number of ether oxygens (including phenoxy) is 1. The monoisotopic (exact) mass is 251 g/mol. The van der Waals surface area contributed by atoms with Crippen LogP contribution in [-0.2, 0) is 9.53 Å². The average Bonchev–Trinajstić information content (AvgIpc) is 2.33. The van der Waals surface area contributed by atoms with E-state index < -0.39 is 0 Å². The summed E-state index contributed by atoms with van der Waals surface area (Å²) >= 11 is 0. The summed E-state index contributed by atoms with van der Waals surface area (Å²) in [5.74, 6) is -0.315. The normalized spacial score (nSPS) is 11.6. The van der Waals surface area contributed by atoms with Crippen molar-refractivity contribution in [2.75, 3.05) is 26.7 Å². The van der Waals surface area contributed by atoms with Gasteiger partial charge in [-0.25, -0.2) is 4.79 Å². The molecular formula is C15H25NO2. The Hall–Kier alpha value is -1.35. The zero-order valence-electron chi connectivity index (χ0n) is 11.8. The minimum absolute atomic E-state index is 0.315. The zero-order chi connectivity index (χ0) is 13.8. The summed E-state index contributed by atoms with van der Waals surface area (Å²) in [5.41, 5.74) is 0.446. The van der Waals surface area contributed by atoms with Crippen molar-refractivity contribution in [3.05, 3.63) is 36.5 Å². The maximum Gasteiger partial charge on any atom is 0.333 e. The van der Waals surface area contributed by atoms with E-state index in [4.69, 9.17) is 4.74 Å². The van der Waals surface area contributed by atoms with Gasteiger partial charge < -0.3 is 4.74 Å².